The number of benzene rings is 2. The molecule has 6 heteroatoms. The van der Waals surface area contributed by atoms with Crippen molar-refractivity contribution in [2.75, 3.05) is 7.11 Å². The fourth-order valence-electron chi connectivity index (χ4n) is 1.90. The van der Waals surface area contributed by atoms with Gasteiger partial charge in [-0.2, -0.15) is 5.10 Å². The first kappa shape index (κ1) is 18.0. The highest BCUT2D eigenvalue weighted by molar-refractivity contribution is 9.10. The summed E-state index contributed by atoms with van der Waals surface area (Å²) in [6.07, 6.45) is 0.892. The van der Waals surface area contributed by atoms with Crippen LogP contribution in [0.5, 0.6) is 11.5 Å². The molecule has 0 unspecified atom stereocenters. The lowest BCUT2D eigenvalue weighted by Gasteiger charge is -2.14. The number of carbonyl (C=O) groups excluding carboxylic acids is 1. The van der Waals surface area contributed by atoms with E-state index in [-0.39, 0.29) is 5.91 Å². The largest absolute Gasteiger partial charge is 0.497 e. The van der Waals surface area contributed by atoms with Crippen molar-refractivity contribution < 1.29 is 14.3 Å². The van der Waals surface area contributed by atoms with Gasteiger partial charge in [-0.15, -0.1) is 0 Å². The van der Waals surface area contributed by atoms with E-state index in [9.17, 15) is 4.79 Å². The van der Waals surface area contributed by atoms with Crippen LogP contribution in [-0.4, -0.2) is 25.3 Å². The summed E-state index contributed by atoms with van der Waals surface area (Å²) in [6.45, 7) is 3.66. The fourth-order valence-corrected chi connectivity index (χ4v) is 2.48. The van der Waals surface area contributed by atoms with E-state index in [4.69, 9.17) is 9.47 Å². The van der Waals surface area contributed by atoms with Crippen molar-refractivity contribution in [1.29, 1.82) is 0 Å². The summed E-state index contributed by atoms with van der Waals surface area (Å²) >= 11 is 3.42. The molecule has 2 aromatic rings. The average Bonchev–Trinajstić information content (AvgIpc) is 2.57. The maximum atomic E-state index is 12.0. The lowest BCUT2D eigenvalue weighted by Crippen LogP contribution is -2.33. The van der Waals surface area contributed by atoms with E-state index in [1.165, 1.54) is 0 Å². The van der Waals surface area contributed by atoms with E-state index in [0.29, 0.717) is 5.75 Å². The van der Waals surface area contributed by atoms with Crippen molar-refractivity contribution in [3.63, 3.8) is 0 Å². The highest BCUT2D eigenvalue weighted by atomic mass is 79.9. The van der Waals surface area contributed by atoms with Gasteiger partial charge in [-0.3, -0.25) is 4.79 Å². The van der Waals surface area contributed by atoms with Gasteiger partial charge in [-0.05, 0) is 77.3 Å². The van der Waals surface area contributed by atoms with Crippen LogP contribution in [-0.2, 0) is 4.79 Å². The Morgan fingerprint density at radius 3 is 2.58 bits per heavy atom. The minimum Gasteiger partial charge on any atom is -0.497 e. The number of amides is 1. The summed E-state index contributed by atoms with van der Waals surface area (Å²) in [6, 6.07) is 13.0. The Morgan fingerprint density at radius 1 is 1.25 bits per heavy atom. The molecule has 0 heterocycles. The zero-order valence-electron chi connectivity index (χ0n) is 13.7. The fraction of sp³-hybridized carbons (Fsp3) is 0.222. The first-order chi connectivity index (χ1) is 11.5. The number of hydrogen-bond acceptors (Lipinski definition) is 4. The maximum Gasteiger partial charge on any atom is 0.280 e. The number of nitrogens with zero attached hydrogens (tertiary/aromatic N) is 1. The monoisotopic (exact) mass is 390 g/mol. The Balaban J connectivity index is 1.89. The molecule has 2 rings (SSSR count). The number of halogens is 1. The van der Waals surface area contributed by atoms with Crippen LogP contribution in [0.4, 0.5) is 0 Å². The van der Waals surface area contributed by atoms with Crippen LogP contribution < -0.4 is 14.9 Å². The second-order valence-corrected chi connectivity index (χ2v) is 6.06. The molecule has 0 radical (unpaired) electrons. The molecule has 0 spiro atoms. The van der Waals surface area contributed by atoms with Crippen LogP contribution in [0.3, 0.4) is 0 Å². The molecule has 0 saturated carbocycles. The molecule has 0 aliphatic rings. The first-order valence-electron chi connectivity index (χ1n) is 7.39. The zero-order chi connectivity index (χ0) is 17.5. The Kier molecular flexibility index (Phi) is 6.37. The summed E-state index contributed by atoms with van der Waals surface area (Å²) in [5.74, 6) is 1.05. The number of hydrazone groups is 1. The van der Waals surface area contributed by atoms with Gasteiger partial charge in [0.05, 0.1) is 17.8 Å². The molecule has 0 fully saturated rings. The molecule has 0 aliphatic heterocycles. The van der Waals surface area contributed by atoms with Gasteiger partial charge in [0, 0.05) is 0 Å². The number of ether oxygens (including phenoxy) is 2. The molecule has 1 atom stereocenters. The van der Waals surface area contributed by atoms with E-state index in [0.717, 1.165) is 21.3 Å². The van der Waals surface area contributed by atoms with Crippen molar-refractivity contribution in [2.24, 2.45) is 5.10 Å². The maximum absolute atomic E-state index is 12.0. The summed E-state index contributed by atoms with van der Waals surface area (Å²) in [5.41, 5.74) is 4.43. The minimum absolute atomic E-state index is 0.327. The summed E-state index contributed by atoms with van der Waals surface area (Å²) in [5, 5.41) is 3.94. The van der Waals surface area contributed by atoms with Gasteiger partial charge in [0.1, 0.15) is 11.5 Å². The smallest absolute Gasteiger partial charge is 0.280 e. The van der Waals surface area contributed by atoms with Gasteiger partial charge in [0.25, 0.3) is 5.91 Å². The second kappa shape index (κ2) is 8.49. The van der Waals surface area contributed by atoms with Crippen molar-refractivity contribution in [2.45, 2.75) is 20.0 Å². The average molecular weight is 391 g/mol. The summed E-state index contributed by atoms with van der Waals surface area (Å²) in [7, 11) is 1.61. The number of carbonyl (C=O) groups is 1. The molecular formula is C18H19BrN2O3. The molecule has 126 valence electrons. The molecule has 0 bridgehead atoms. The Hall–Kier alpha value is -2.34. The summed E-state index contributed by atoms with van der Waals surface area (Å²) in [4.78, 5) is 12.0. The molecule has 24 heavy (non-hydrogen) atoms. The molecule has 5 nitrogen and oxygen atoms in total. The SMILES string of the molecule is COc1ccc(/C=N/NC(=O)[C@@H](C)Oc2ccc(C)cc2Br)cc1. The van der Waals surface area contributed by atoms with Gasteiger partial charge in [0.15, 0.2) is 6.10 Å². The van der Waals surface area contributed by atoms with E-state index >= 15 is 0 Å². The molecule has 0 aromatic heterocycles. The topological polar surface area (TPSA) is 59.9 Å². The van der Waals surface area contributed by atoms with Crippen molar-refractivity contribution in [3.05, 3.63) is 58.1 Å². The third kappa shape index (κ3) is 5.09. The number of methoxy groups -OCH3 is 1. The Morgan fingerprint density at radius 2 is 1.96 bits per heavy atom. The molecule has 1 amide bonds. The van der Waals surface area contributed by atoms with Crippen LogP contribution in [0.15, 0.2) is 52.0 Å². The van der Waals surface area contributed by atoms with Gasteiger partial charge < -0.3 is 9.47 Å². The van der Waals surface area contributed by atoms with Crippen LogP contribution in [0, 0.1) is 6.92 Å². The lowest BCUT2D eigenvalue weighted by atomic mass is 10.2. The highest BCUT2D eigenvalue weighted by Crippen LogP contribution is 2.26. The zero-order valence-corrected chi connectivity index (χ0v) is 15.3. The minimum atomic E-state index is -0.669. The Labute approximate surface area is 149 Å². The van der Waals surface area contributed by atoms with Crippen LogP contribution in [0.2, 0.25) is 0 Å². The van der Waals surface area contributed by atoms with Gasteiger partial charge in [0.2, 0.25) is 0 Å². The van der Waals surface area contributed by atoms with E-state index in [1.54, 1.807) is 20.2 Å². The normalized spacial score (nSPS) is 12.0. The summed E-state index contributed by atoms with van der Waals surface area (Å²) < 4.78 is 11.5. The number of hydrogen-bond donors (Lipinski definition) is 1. The second-order valence-electron chi connectivity index (χ2n) is 5.20. The molecule has 0 saturated heterocycles. The van der Waals surface area contributed by atoms with Crippen molar-refractivity contribution in [3.8, 4) is 11.5 Å². The number of nitrogens with one attached hydrogen (secondary N) is 1. The first-order valence-corrected chi connectivity index (χ1v) is 8.18. The van der Waals surface area contributed by atoms with E-state index in [2.05, 4.69) is 26.5 Å². The van der Waals surface area contributed by atoms with E-state index in [1.807, 2.05) is 49.4 Å². The number of aryl methyl sites for hydroxylation is 1. The van der Waals surface area contributed by atoms with Crippen molar-refractivity contribution >= 4 is 28.1 Å². The quantitative estimate of drug-likeness (QED) is 0.604. The van der Waals surface area contributed by atoms with Gasteiger partial charge in [-0.1, -0.05) is 6.07 Å². The molecular weight excluding hydrogens is 372 g/mol. The van der Waals surface area contributed by atoms with Gasteiger partial charge in [-0.25, -0.2) is 5.43 Å². The van der Waals surface area contributed by atoms with Crippen LogP contribution >= 0.6 is 15.9 Å². The lowest BCUT2D eigenvalue weighted by molar-refractivity contribution is -0.127. The molecule has 1 N–H and O–H groups in total. The molecule has 0 aliphatic carbocycles. The predicted molar refractivity (Wildman–Crippen MR) is 97.7 cm³/mol. The van der Waals surface area contributed by atoms with Crippen LogP contribution in [0.1, 0.15) is 18.1 Å². The number of rotatable bonds is 6. The van der Waals surface area contributed by atoms with Crippen LogP contribution in [0.25, 0.3) is 0 Å². The predicted octanol–water partition coefficient (Wildman–Crippen LogP) is 3.68. The standard InChI is InChI=1S/C18H19BrN2O3/c1-12-4-9-17(16(19)10-12)24-13(2)18(22)21-20-11-14-5-7-15(23-3)8-6-14/h4-11,13H,1-3H3,(H,21,22)/b20-11+/t13-/m1/s1. The van der Waals surface area contributed by atoms with Gasteiger partial charge >= 0.3 is 0 Å². The van der Waals surface area contributed by atoms with Crippen molar-refractivity contribution in [1.82, 2.24) is 5.43 Å². The Bertz CT molecular complexity index is 730. The third-order valence-corrected chi connectivity index (χ3v) is 3.88. The third-order valence-electron chi connectivity index (χ3n) is 3.26. The molecule has 2 aromatic carbocycles. The van der Waals surface area contributed by atoms with E-state index < -0.39 is 6.10 Å². The highest BCUT2D eigenvalue weighted by Gasteiger charge is 2.15.